The van der Waals surface area contributed by atoms with E-state index in [0.29, 0.717) is 22.0 Å². The summed E-state index contributed by atoms with van der Waals surface area (Å²) in [6.45, 7) is 4.41. The van der Waals surface area contributed by atoms with E-state index in [2.05, 4.69) is 28.4 Å². The lowest BCUT2D eigenvalue weighted by Gasteiger charge is -2.33. The molecule has 0 amide bonds. The van der Waals surface area contributed by atoms with Crippen LogP contribution >= 0.6 is 23.2 Å². The van der Waals surface area contributed by atoms with Gasteiger partial charge in [-0.15, -0.1) is 0 Å². The molecule has 0 unspecified atom stereocenters. The number of hydrogen-bond donors (Lipinski definition) is 0. The fourth-order valence-electron chi connectivity index (χ4n) is 3.64. The molecular formula is C19H20Cl2N4. The van der Waals surface area contributed by atoms with E-state index in [1.165, 1.54) is 19.3 Å². The van der Waals surface area contributed by atoms with Gasteiger partial charge < -0.3 is 4.57 Å². The van der Waals surface area contributed by atoms with Crippen molar-refractivity contribution in [2.75, 3.05) is 0 Å². The third-order valence-corrected chi connectivity index (χ3v) is 5.84. The minimum Gasteiger partial charge on any atom is -0.309 e. The molecule has 130 valence electrons. The van der Waals surface area contributed by atoms with Crippen molar-refractivity contribution < 1.29 is 0 Å². The maximum Gasteiger partial charge on any atom is 0.164 e. The normalized spacial score (nSPS) is 16.2. The number of rotatable bonds is 4. The zero-order valence-electron chi connectivity index (χ0n) is 14.3. The summed E-state index contributed by atoms with van der Waals surface area (Å²) in [5, 5.41) is 1.18. The average Bonchev–Trinajstić information content (AvgIpc) is 2.92. The second-order valence-corrected chi connectivity index (χ2v) is 7.55. The highest BCUT2D eigenvalue weighted by molar-refractivity contribution is 6.36. The molecular weight excluding hydrogens is 355 g/mol. The van der Waals surface area contributed by atoms with E-state index >= 15 is 0 Å². The molecule has 0 spiro atoms. The van der Waals surface area contributed by atoms with Crippen LogP contribution in [0, 0.1) is 5.92 Å². The van der Waals surface area contributed by atoms with Crippen molar-refractivity contribution >= 4 is 34.4 Å². The molecule has 1 saturated carbocycles. The minimum atomic E-state index is 0.400. The maximum absolute atomic E-state index is 6.41. The lowest BCUT2D eigenvalue weighted by Crippen LogP contribution is -2.24. The van der Waals surface area contributed by atoms with Crippen LogP contribution in [-0.4, -0.2) is 19.5 Å². The van der Waals surface area contributed by atoms with Crippen molar-refractivity contribution in [2.45, 2.75) is 45.6 Å². The number of aryl methyl sites for hydroxylation is 1. The Hall–Kier alpha value is -1.65. The summed E-state index contributed by atoms with van der Waals surface area (Å²) in [5.74, 6) is 1.77. The topological polar surface area (TPSA) is 43.6 Å². The molecule has 6 heteroatoms. The fourth-order valence-corrected chi connectivity index (χ4v) is 4.14. The van der Waals surface area contributed by atoms with Crippen LogP contribution in [-0.2, 0) is 6.42 Å². The second kappa shape index (κ2) is 6.58. The summed E-state index contributed by atoms with van der Waals surface area (Å²) < 4.78 is 2.30. The minimum absolute atomic E-state index is 0.400. The van der Waals surface area contributed by atoms with E-state index in [-0.39, 0.29) is 0 Å². The number of nitrogens with zero attached hydrogens (tertiary/aromatic N) is 4. The lowest BCUT2D eigenvalue weighted by atomic mass is 9.80. The van der Waals surface area contributed by atoms with Gasteiger partial charge in [0.1, 0.15) is 23.4 Å². The van der Waals surface area contributed by atoms with Crippen LogP contribution in [0.1, 0.15) is 45.0 Å². The van der Waals surface area contributed by atoms with Crippen LogP contribution in [0.2, 0.25) is 10.0 Å². The van der Waals surface area contributed by atoms with Crippen LogP contribution in [0.25, 0.3) is 22.4 Å². The van der Waals surface area contributed by atoms with E-state index in [0.717, 1.165) is 34.7 Å². The predicted octanol–water partition coefficient (Wildman–Crippen LogP) is 5.72. The Morgan fingerprint density at radius 1 is 1.24 bits per heavy atom. The quantitative estimate of drug-likeness (QED) is 0.585. The lowest BCUT2D eigenvalue weighted by molar-refractivity contribution is 0.222. The molecule has 0 N–H and O–H groups in total. The van der Waals surface area contributed by atoms with Gasteiger partial charge in [0.25, 0.3) is 0 Å². The smallest absolute Gasteiger partial charge is 0.164 e. The Morgan fingerprint density at radius 3 is 2.68 bits per heavy atom. The third-order valence-electron chi connectivity index (χ3n) is 5.29. The monoisotopic (exact) mass is 374 g/mol. The van der Waals surface area contributed by atoms with E-state index < -0.39 is 0 Å². The number of imidazole rings is 1. The molecule has 1 aliphatic rings. The predicted molar refractivity (Wildman–Crippen MR) is 102 cm³/mol. The summed E-state index contributed by atoms with van der Waals surface area (Å²) in [4.78, 5) is 13.9. The van der Waals surface area contributed by atoms with Crippen LogP contribution in [0.4, 0.5) is 0 Å². The van der Waals surface area contributed by atoms with Gasteiger partial charge in [-0.25, -0.2) is 15.0 Å². The molecule has 1 aromatic carbocycles. The summed E-state index contributed by atoms with van der Waals surface area (Å²) in [6, 6.07) is 5.86. The summed E-state index contributed by atoms with van der Waals surface area (Å²) >= 11 is 12.4. The van der Waals surface area contributed by atoms with Crippen LogP contribution in [0.5, 0.6) is 0 Å². The Bertz CT molecular complexity index is 931. The number of benzene rings is 1. The van der Waals surface area contributed by atoms with Gasteiger partial charge in [-0.3, -0.25) is 0 Å². The number of halogens is 2. The third kappa shape index (κ3) is 2.81. The number of aromatic nitrogens is 4. The first-order chi connectivity index (χ1) is 12.1. The van der Waals surface area contributed by atoms with Gasteiger partial charge in [0.15, 0.2) is 5.65 Å². The average molecular weight is 375 g/mol. The molecule has 1 aliphatic carbocycles. The molecule has 0 aliphatic heterocycles. The van der Waals surface area contributed by atoms with Crippen LogP contribution < -0.4 is 0 Å². The van der Waals surface area contributed by atoms with Crippen LogP contribution in [0.15, 0.2) is 24.5 Å². The zero-order valence-corrected chi connectivity index (χ0v) is 15.8. The Morgan fingerprint density at radius 2 is 2.04 bits per heavy atom. The van der Waals surface area contributed by atoms with Crippen molar-refractivity contribution in [3.63, 3.8) is 0 Å². The van der Waals surface area contributed by atoms with Gasteiger partial charge in [0.2, 0.25) is 0 Å². The summed E-state index contributed by atoms with van der Waals surface area (Å²) in [6.07, 6.45) is 6.36. The van der Waals surface area contributed by atoms with Crippen molar-refractivity contribution in [2.24, 2.45) is 5.92 Å². The van der Waals surface area contributed by atoms with E-state index in [1.807, 2.05) is 12.1 Å². The molecule has 1 fully saturated rings. The van der Waals surface area contributed by atoms with E-state index in [4.69, 9.17) is 28.2 Å². The standard InChI is InChI=1S/C19H20Cl2N4/c1-3-16-24-18-17(14-8-7-13(20)9-15(14)21)22-10-23-19(18)25(16)11(2)12-5-4-6-12/h7-12H,3-6H2,1-2H3/t11-/m0/s1. The molecule has 3 aromatic rings. The first-order valence-electron chi connectivity index (χ1n) is 8.77. The van der Waals surface area contributed by atoms with Gasteiger partial charge in [-0.2, -0.15) is 0 Å². The van der Waals surface area contributed by atoms with Gasteiger partial charge in [0.05, 0.1) is 5.02 Å². The van der Waals surface area contributed by atoms with E-state index in [1.54, 1.807) is 12.4 Å². The highest BCUT2D eigenvalue weighted by atomic mass is 35.5. The fraction of sp³-hybridized carbons (Fsp3) is 0.421. The molecule has 4 rings (SSSR count). The van der Waals surface area contributed by atoms with Crippen molar-refractivity contribution in [1.82, 2.24) is 19.5 Å². The van der Waals surface area contributed by atoms with Gasteiger partial charge in [0, 0.05) is 23.0 Å². The molecule has 25 heavy (non-hydrogen) atoms. The molecule has 1 atom stereocenters. The largest absolute Gasteiger partial charge is 0.309 e. The van der Waals surface area contributed by atoms with E-state index in [9.17, 15) is 0 Å². The first-order valence-corrected chi connectivity index (χ1v) is 9.53. The molecule has 0 radical (unpaired) electrons. The molecule has 4 nitrogen and oxygen atoms in total. The molecule has 2 aromatic heterocycles. The van der Waals surface area contributed by atoms with Crippen molar-refractivity contribution in [1.29, 1.82) is 0 Å². The number of fused-ring (bicyclic) bond motifs is 1. The Balaban J connectivity index is 1.91. The van der Waals surface area contributed by atoms with Gasteiger partial charge in [-0.1, -0.05) is 36.5 Å². The molecule has 2 heterocycles. The van der Waals surface area contributed by atoms with Crippen molar-refractivity contribution in [3.8, 4) is 11.3 Å². The maximum atomic E-state index is 6.41. The highest BCUT2D eigenvalue weighted by Crippen LogP contribution is 2.39. The summed E-state index contributed by atoms with van der Waals surface area (Å²) in [7, 11) is 0. The molecule has 0 saturated heterocycles. The van der Waals surface area contributed by atoms with Crippen molar-refractivity contribution in [3.05, 3.63) is 40.4 Å². The SMILES string of the molecule is CCc1nc2c(-c3ccc(Cl)cc3Cl)ncnc2n1[C@@H](C)C1CCC1. The Kier molecular flexibility index (Phi) is 4.42. The summed E-state index contributed by atoms with van der Waals surface area (Å²) in [5.41, 5.74) is 3.31. The Labute approximate surface area is 157 Å². The van der Waals surface area contributed by atoms with Crippen LogP contribution in [0.3, 0.4) is 0 Å². The second-order valence-electron chi connectivity index (χ2n) is 6.70. The first kappa shape index (κ1) is 16.8. The highest BCUT2D eigenvalue weighted by Gasteiger charge is 2.29. The number of hydrogen-bond acceptors (Lipinski definition) is 3. The zero-order chi connectivity index (χ0) is 17.6. The van der Waals surface area contributed by atoms with Gasteiger partial charge in [-0.05, 0) is 43.9 Å². The molecule has 0 bridgehead atoms. The van der Waals surface area contributed by atoms with Gasteiger partial charge >= 0.3 is 0 Å².